The van der Waals surface area contributed by atoms with Gasteiger partial charge in [-0.25, -0.2) is 0 Å². The van der Waals surface area contributed by atoms with Crippen molar-refractivity contribution in [1.29, 1.82) is 0 Å². The summed E-state index contributed by atoms with van der Waals surface area (Å²) >= 11 is 0. The van der Waals surface area contributed by atoms with Crippen LogP contribution in [0, 0.1) is 5.92 Å². The molecule has 20 heavy (non-hydrogen) atoms. The Bertz CT molecular complexity index is 454. The van der Waals surface area contributed by atoms with Crippen LogP contribution in [-0.2, 0) is 6.54 Å². The van der Waals surface area contributed by atoms with Crippen molar-refractivity contribution >= 4 is 5.69 Å². The van der Waals surface area contributed by atoms with Crippen LogP contribution < -0.4 is 10.1 Å². The number of para-hydroxylation sites is 1. The summed E-state index contributed by atoms with van der Waals surface area (Å²) in [6.45, 7) is 8.54. The van der Waals surface area contributed by atoms with Gasteiger partial charge in [0, 0.05) is 24.7 Å². The zero-order valence-corrected chi connectivity index (χ0v) is 12.7. The molecule has 3 nitrogen and oxygen atoms in total. The number of nitrogens with one attached hydrogen (secondary N) is 1. The molecule has 1 heterocycles. The molecule has 0 aromatic heterocycles. The second-order valence-corrected chi connectivity index (χ2v) is 6.45. The van der Waals surface area contributed by atoms with Gasteiger partial charge in [0.1, 0.15) is 12.4 Å². The van der Waals surface area contributed by atoms with Crippen LogP contribution in [0.25, 0.3) is 0 Å². The maximum atomic E-state index is 5.89. The fourth-order valence-electron chi connectivity index (χ4n) is 2.83. The summed E-state index contributed by atoms with van der Waals surface area (Å²) in [4.78, 5) is 2.65. The van der Waals surface area contributed by atoms with Gasteiger partial charge in [0.2, 0.25) is 0 Å². The van der Waals surface area contributed by atoms with Gasteiger partial charge < -0.3 is 10.1 Å². The monoisotopic (exact) mass is 274 g/mol. The van der Waals surface area contributed by atoms with E-state index < -0.39 is 0 Å². The molecular weight excluding hydrogens is 248 g/mol. The first-order valence-corrected chi connectivity index (χ1v) is 7.96. The molecule has 1 fully saturated rings. The van der Waals surface area contributed by atoms with Crippen LogP contribution in [0.5, 0.6) is 5.75 Å². The highest BCUT2D eigenvalue weighted by atomic mass is 16.5. The van der Waals surface area contributed by atoms with Crippen molar-refractivity contribution in [2.75, 3.05) is 25.0 Å². The van der Waals surface area contributed by atoms with Gasteiger partial charge in [0.05, 0.1) is 5.69 Å². The third-order valence-electron chi connectivity index (χ3n) is 4.19. The van der Waals surface area contributed by atoms with E-state index in [-0.39, 0.29) is 0 Å². The van der Waals surface area contributed by atoms with Crippen molar-refractivity contribution in [3.05, 3.63) is 23.8 Å². The van der Waals surface area contributed by atoms with Crippen molar-refractivity contribution in [1.82, 2.24) is 4.90 Å². The molecule has 3 heteroatoms. The third kappa shape index (κ3) is 3.26. The molecule has 1 N–H and O–H groups in total. The van der Waals surface area contributed by atoms with Crippen molar-refractivity contribution in [3.8, 4) is 5.75 Å². The molecule has 110 valence electrons. The molecule has 0 amide bonds. The molecule has 1 saturated carbocycles. The second-order valence-electron chi connectivity index (χ2n) is 6.45. The lowest BCUT2D eigenvalue weighted by Gasteiger charge is -2.27. The Kier molecular flexibility index (Phi) is 4.16. The molecule has 1 aliphatic heterocycles. The predicted molar refractivity (Wildman–Crippen MR) is 83.3 cm³/mol. The van der Waals surface area contributed by atoms with Gasteiger partial charge >= 0.3 is 0 Å². The summed E-state index contributed by atoms with van der Waals surface area (Å²) in [6, 6.07) is 7.29. The molecule has 0 spiro atoms. The molecule has 1 aliphatic carbocycles. The maximum absolute atomic E-state index is 5.89. The number of benzene rings is 1. The highest BCUT2D eigenvalue weighted by Crippen LogP contribution is 2.35. The van der Waals surface area contributed by atoms with E-state index in [2.05, 4.69) is 42.3 Å². The molecule has 1 aromatic carbocycles. The Morgan fingerprint density at radius 2 is 2.20 bits per heavy atom. The number of hydrogen-bond acceptors (Lipinski definition) is 3. The normalized spacial score (nSPS) is 17.8. The zero-order valence-electron chi connectivity index (χ0n) is 12.7. The highest BCUT2D eigenvalue weighted by molar-refractivity contribution is 5.61. The summed E-state index contributed by atoms with van der Waals surface area (Å²) in [7, 11) is 0. The Hall–Kier alpha value is -1.22. The standard InChI is InChI=1S/C17H26N2O/c1-13(2)8-10-19(15-6-7-15)12-14-4-3-5-16-17(14)20-11-9-18-16/h3-5,13,15,18H,6-12H2,1-2H3. The lowest BCUT2D eigenvalue weighted by Crippen LogP contribution is -2.28. The lowest BCUT2D eigenvalue weighted by atomic mass is 10.1. The summed E-state index contributed by atoms with van der Waals surface area (Å²) in [5.74, 6) is 1.85. The van der Waals surface area contributed by atoms with Crippen molar-refractivity contribution < 1.29 is 4.74 Å². The van der Waals surface area contributed by atoms with Crippen LogP contribution in [-0.4, -0.2) is 30.6 Å². The average Bonchev–Trinajstić information content (AvgIpc) is 3.28. The first kappa shape index (κ1) is 13.7. The predicted octanol–water partition coefficient (Wildman–Crippen LogP) is 3.50. The van der Waals surface area contributed by atoms with E-state index in [1.165, 1.54) is 31.4 Å². The van der Waals surface area contributed by atoms with Gasteiger partial charge in [-0.1, -0.05) is 26.0 Å². The first-order valence-electron chi connectivity index (χ1n) is 7.96. The van der Waals surface area contributed by atoms with Gasteiger partial charge in [-0.05, 0) is 37.8 Å². The van der Waals surface area contributed by atoms with Gasteiger partial charge in [0.25, 0.3) is 0 Å². The highest BCUT2D eigenvalue weighted by Gasteiger charge is 2.29. The maximum Gasteiger partial charge on any atom is 0.146 e. The van der Waals surface area contributed by atoms with Crippen molar-refractivity contribution in [3.63, 3.8) is 0 Å². The largest absolute Gasteiger partial charge is 0.489 e. The molecule has 0 bridgehead atoms. The topological polar surface area (TPSA) is 24.5 Å². The summed E-state index contributed by atoms with van der Waals surface area (Å²) in [5, 5.41) is 3.43. The summed E-state index contributed by atoms with van der Waals surface area (Å²) in [6.07, 6.45) is 4.02. The van der Waals surface area contributed by atoms with E-state index in [1.54, 1.807) is 0 Å². The van der Waals surface area contributed by atoms with Crippen LogP contribution in [0.3, 0.4) is 0 Å². The van der Waals surface area contributed by atoms with Crippen LogP contribution in [0.1, 0.15) is 38.7 Å². The van der Waals surface area contributed by atoms with Gasteiger partial charge in [0.15, 0.2) is 0 Å². The minimum atomic E-state index is 0.777. The fourth-order valence-corrected chi connectivity index (χ4v) is 2.83. The Morgan fingerprint density at radius 1 is 1.35 bits per heavy atom. The van der Waals surface area contributed by atoms with Gasteiger partial charge in [-0.2, -0.15) is 0 Å². The van der Waals surface area contributed by atoms with E-state index in [1.807, 2.05) is 0 Å². The molecular formula is C17H26N2O. The van der Waals surface area contributed by atoms with Gasteiger partial charge in [-0.3, -0.25) is 4.90 Å². The van der Waals surface area contributed by atoms with Crippen molar-refractivity contribution in [2.24, 2.45) is 5.92 Å². The van der Waals surface area contributed by atoms with Crippen LogP contribution >= 0.6 is 0 Å². The van der Waals surface area contributed by atoms with E-state index in [9.17, 15) is 0 Å². The SMILES string of the molecule is CC(C)CCN(Cc1cccc2c1OCCN2)C1CC1. The van der Waals surface area contributed by atoms with E-state index in [0.29, 0.717) is 0 Å². The molecule has 0 unspecified atom stereocenters. The Balaban J connectivity index is 1.71. The molecule has 1 aromatic rings. The number of rotatable bonds is 6. The number of hydrogen-bond donors (Lipinski definition) is 1. The molecule has 3 rings (SSSR count). The number of anilines is 1. The van der Waals surface area contributed by atoms with Crippen LogP contribution in [0.4, 0.5) is 5.69 Å². The van der Waals surface area contributed by atoms with E-state index >= 15 is 0 Å². The summed E-state index contributed by atoms with van der Waals surface area (Å²) in [5.41, 5.74) is 2.50. The first-order chi connectivity index (χ1) is 9.74. The smallest absolute Gasteiger partial charge is 0.146 e. The lowest BCUT2D eigenvalue weighted by molar-refractivity contribution is 0.233. The Labute approximate surface area is 122 Å². The number of ether oxygens (including phenoxy) is 1. The number of fused-ring (bicyclic) bond motifs is 1. The molecule has 0 saturated heterocycles. The van der Waals surface area contributed by atoms with Gasteiger partial charge in [-0.15, -0.1) is 0 Å². The van der Waals surface area contributed by atoms with Crippen LogP contribution in [0.2, 0.25) is 0 Å². The molecule has 0 radical (unpaired) electrons. The number of nitrogens with zero attached hydrogens (tertiary/aromatic N) is 1. The van der Waals surface area contributed by atoms with E-state index in [4.69, 9.17) is 4.74 Å². The third-order valence-corrected chi connectivity index (χ3v) is 4.19. The Morgan fingerprint density at radius 3 is 2.95 bits per heavy atom. The second kappa shape index (κ2) is 6.04. The average molecular weight is 274 g/mol. The van der Waals surface area contributed by atoms with Crippen molar-refractivity contribution in [2.45, 2.75) is 45.7 Å². The molecule has 2 aliphatic rings. The molecule has 0 atom stereocenters. The minimum absolute atomic E-state index is 0.777. The summed E-state index contributed by atoms with van der Waals surface area (Å²) < 4.78 is 5.89. The minimum Gasteiger partial charge on any atom is -0.489 e. The van der Waals surface area contributed by atoms with E-state index in [0.717, 1.165) is 43.1 Å². The zero-order chi connectivity index (χ0) is 13.9. The quantitative estimate of drug-likeness (QED) is 0.859. The fraction of sp³-hybridized carbons (Fsp3) is 0.647. The van der Waals surface area contributed by atoms with Crippen LogP contribution in [0.15, 0.2) is 18.2 Å².